The lowest BCUT2D eigenvalue weighted by Crippen LogP contribution is -2.64. The van der Waals surface area contributed by atoms with E-state index in [-0.39, 0.29) is 34.7 Å². The van der Waals surface area contributed by atoms with E-state index in [1.54, 1.807) is 6.92 Å². The topological polar surface area (TPSA) is 203 Å². The maximum absolute atomic E-state index is 12.7. The smallest absolute Gasteiger partial charge is 0.308 e. The number of aliphatic hydroxyl groups excluding tert-OH is 5. The van der Waals surface area contributed by atoms with E-state index in [1.165, 1.54) is 7.11 Å². The maximum atomic E-state index is 12.7. The van der Waals surface area contributed by atoms with Crippen molar-refractivity contribution < 1.29 is 68.6 Å². The van der Waals surface area contributed by atoms with Crippen LogP contribution >= 0.6 is 0 Å². The first-order chi connectivity index (χ1) is 23.8. The van der Waals surface area contributed by atoms with E-state index < -0.39 is 79.2 Å². The number of esters is 1. The number of cyclic esters (lactones) is 1. The Balaban J connectivity index is 0.914. The van der Waals surface area contributed by atoms with E-state index in [1.807, 2.05) is 0 Å². The third-order valence-corrected chi connectivity index (χ3v) is 15.2. The number of hydrogen-bond donors (Lipinski definition) is 6. The van der Waals surface area contributed by atoms with Gasteiger partial charge in [0.1, 0.15) is 54.9 Å². The van der Waals surface area contributed by atoms with Crippen molar-refractivity contribution in [3.8, 4) is 0 Å². The number of methoxy groups -OCH3 is 1. The van der Waals surface area contributed by atoms with E-state index in [0.29, 0.717) is 31.5 Å². The first-order valence-electron chi connectivity index (χ1n) is 18.8. The summed E-state index contributed by atoms with van der Waals surface area (Å²) in [5, 5.41) is 64.6. The third-order valence-electron chi connectivity index (χ3n) is 15.2. The molecule has 19 atom stereocenters. The van der Waals surface area contributed by atoms with Crippen LogP contribution in [-0.2, 0) is 38.0 Å². The van der Waals surface area contributed by atoms with Gasteiger partial charge in [0.2, 0.25) is 0 Å². The zero-order valence-corrected chi connectivity index (χ0v) is 29.3. The minimum atomic E-state index is -1.60. The van der Waals surface area contributed by atoms with Crippen molar-refractivity contribution in [1.82, 2.24) is 0 Å². The molecule has 14 heteroatoms. The third kappa shape index (κ3) is 5.14. The Morgan fingerprint density at radius 1 is 0.840 bits per heavy atom. The first kappa shape index (κ1) is 36.0. The summed E-state index contributed by atoms with van der Waals surface area (Å²) < 4.78 is 41.7. The molecule has 4 saturated heterocycles. The van der Waals surface area contributed by atoms with Crippen LogP contribution in [0.25, 0.3) is 0 Å². The molecule has 0 aromatic carbocycles. The molecule has 2 spiro atoms. The number of carbonyl (C=O) groups is 1. The maximum Gasteiger partial charge on any atom is 0.308 e. The molecule has 14 nitrogen and oxygen atoms in total. The monoisotopic (exact) mass is 712 g/mol. The van der Waals surface area contributed by atoms with E-state index in [0.717, 1.165) is 57.8 Å². The normalized spacial score (nSPS) is 57.5. The molecular formula is C36H56O14. The summed E-state index contributed by atoms with van der Waals surface area (Å²) in [6, 6.07) is 0. The van der Waals surface area contributed by atoms with Gasteiger partial charge in [-0.25, -0.2) is 0 Å². The van der Waals surface area contributed by atoms with Crippen LogP contribution < -0.4 is 0 Å². The van der Waals surface area contributed by atoms with Gasteiger partial charge in [0.05, 0.1) is 37.4 Å². The molecule has 284 valence electrons. The van der Waals surface area contributed by atoms with Crippen molar-refractivity contribution in [2.75, 3.05) is 26.9 Å². The molecule has 0 amide bonds. The lowest BCUT2D eigenvalue weighted by atomic mass is 9.43. The van der Waals surface area contributed by atoms with Crippen LogP contribution in [-0.4, -0.2) is 142 Å². The van der Waals surface area contributed by atoms with E-state index in [9.17, 15) is 35.4 Å². The lowest BCUT2D eigenvalue weighted by Gasteiger charge is -2.63. The van der Waals surface area contributed by atoms with Crippen LogP contribution in [0.1, 0.15) is 78.1 Å². The van der Waals surface area contributed by atoms with Crippen LogP contribution in [0.2, 0.25) is 0 Å². The average Bonchev–Trinajstić information content (AvgIpc) is 3.74. The van der Waals surface area contributed by atoms with Crippen molar-refractivity contribution in [3.63, 3.8) is 0 Å². The number of fused-ring (bicyclic) bond motifs is 5. The SMILES string of the molecule is COC1C(O)C(OC2CCC3(C)C(CCC4C3CCC35COC6(COC(=O)C6)C3CCC45O)C2)OC(C)C1OC1OC(CO)C(O)C(O)C1O. The molecule has 19 unspecified atom stereocenters. The van der Waals surface area contributed by atoms with Crippen molar-refractivity contribution in [1.29, 1.82) is 0 Å². The molecule has 0 aromatic rings. The van der Waals surface area contributed by atoms with Gasteiger partial charge in [-0.3, -0.25) is 4.79 Å². The molecular weight excluding hydrogens is 656 g/mol. The molecule has 0 bridgehead atoms. The Hall–Kier alpha value is -1.01. The van der Waals surface area contributed by atoms with Gasteiger partial charge in [0, 0.05) is 18.4 Å². The molecule has 0 radical (unpaired) electrons. The highest BCUT2D eigenvalue weighted by Gasteiger charge is 2.76. The Morgan fingerprint density at radius 3 is 2.34 bits per heavy atom. The Bertz CT molecular complexity index is 1290. The minimum Gasteiger partial charge on any atom is -0.462 e. The summed E-state index contributed by atoms with van der Waals surface area (Å²) in [7, 11) is 1.44. The molecule has 4 saturated carbocycles. The molecule has 4 heterocycles. The van der Waals surface area contributed by atoms with Gasteiger partial charge in [-0.2, -0.15) is 0 Å². The summed E-state index contributed by atoms with van der Waals surface area (Å²) >= 11 is 0. The molecule has 8 aliphatic rings. The Kier molecular flexibility index (Phi) is 9.21. The highest BCUT2D eigenvalue weighted by Crippen LogP contribution is 2.73. The predicted molar refractivity (Wildman–Crippen MR) is 170 cm³/mol. The second-order valence-corrected chi connectivity index (χ2v) is 17.1. The van der Waals surface area contributed by atoms with Gasteiger partial charge in [-0.1, -0.05) is 6.92 Å². The van der Waals surface area contributed by atoms with Crippen LogP contribution in [0.3, 0.4) is 0 Å². The van der Waals surface area contributed by atoms with Crippen LogP contribution in [0.4, 0.5) is 0 Å². The summed E-state index contributed by atoms with van der Waals surface area (Å²) in [5.41, 5.74) is -1.67. The zero-order chi connectivity index (χ0) is 35.4. The summed E-state index contributed by atoms with van der Waals surface area (Å²) in [4.78, 5) is 12.2. The van der Waals surface area contributed by atoms with Crippen LogP contribution in [0.15, 0.2) is 0 Å². The average molecular weight is 713 g/mol. The minimum absolute atomic E-state index is 0.0422. The molecule has 6 N–H and O–H groups in total. The van der Waals surface area contributed by atoms with Crippen molar-refractivity contribution in [2.24, 2.45) is 34.5 Å². The molecule has 4 aliphatic heterocycles. The molecule has 8 fully saturated rings. The summed E-state index contributed by atoms with van der Waals surface area (Å²) in [6.45, 7) is 4.37. The van der Waals surface area contributed by atoms with Gasteiger partial charge in [-0.15, -0.1) is 0 Å². The van der Waals surface area contributed by atoms with Gasteiger partial charge in [0.25, 0.3) is 0 Å². The van der Waals surface area contributed by atoms with Crippen molar-refractivity contribution >= 4 is 5.97 Å². The number of aliphatic hydroxyl groups is 6. The fourth-order valence-corrected chi connectivity index (χ4v) is 12.5. The van der Waals surface area contributed by atoms with Crippen LogP contribution in [0, 0.1) is 34.5 Å². The second-order valence-electron chi connectivity index (χ2n) is 17.1. The number of rotatable bonds is 6. The Labute approximate surface area is 292 Å². The lowest BCUT2D eigenvalue weighted by molar-refractivity contribution is -0.362. The van der Waals surface area contributed by atoms with Gasteiger partial charge in [-0.05, 0) is 87.9 Å². The van der Waals surface area contributed by atoms with Crippen molar-refractivity contribution in [3.05, 3.63) is 0 Å². The quantitative estimate of drug-likeness (QED) is 0.160. The highest BCUT2D eigenvalue weighted by atomic mass is 16.7. The zero-order valence-electron chi connectivity index (χ0n) is 29.3. The Morgan fingerprint density at radius 2 is 1.62 bits per heavy atom. The molecule has 0 aromatic heterocycles. The van der Waals surface area contributed by atoms with Crippen molar-refractivity contribution in [2.45, 2.75) is 157 Å². The second kappa shape index (κ2) is 12.8. The van der Waals surface area contributed by atoms with E-state index in [2.05, 4.69) is 6.92 Å². The number of hydrogen-bond acceptors (Lipinski definition) is 14. The van der Waals surface area contributed by atoms with Gasteiger partial charge in [0.15, 0.2) is 12.6 Å². The van der Waals surface area contributed by atoms with E-state index >= 15 is 0 Å². The largest absolute Gasteiger partial charge is 0.462 e. The standard InChI is InChI=1S/C36H56O14/c1-17-29(50-31-27(41)26(40)25(39)22(14-37)49-31)30(44-3)28(42)32(47-17)48-19-6-9-33(2)18(12-19)4-5-21-20(33)7-10-34-15-46-35(13-24(38)45-16-35)23(34)8-11-36(21,34)43/h17-23,25-32,37,39-43H,4-16H2,1-3H3. The summed E-state index contributed by atoms with van der Waals surface area (Å²) in [6.07, 6.45) is -3.81. The fourth-order valence-electron chi connectivity index (χ4n) is 12.5. The number of ether oxygens (including phenoxy) is 7. The van der Waals surface area contributed by atoms with Crippen LogP contribution in [0.5, 0.6) is 0 Å². The highest BCUT2D eigenvalue weighted by molar-refractivity contribution is 5.73. The summed E-state index contributed by atoms with van der Waals surface area (Å²) in [5.74, 6) is 0.902. The predicted octanol–water partition coefficient (Wildman–Crippen LogP) is 0.147. The molecule has 50 heavy (non-hydrogen) atoms. The number of carbonyl (C=O) groups excluding carboxylic acids is 1. The van der Waals surface area contributed by atoms with E-state index in [4.69, 9.17) is 33.2 Å². The molecule has 8 rings (SSSR count). The molecule has 4 aliphatic carbocycles. The van der Waals surface area contributed by atoms with Gasteiger partial charge >= 0.3 is 5.97 Å². The fraction of sp³-hybridized carbons (Fsp3) is 0.972. The van der Waals surface area contributed by atoms with Gasteiger partial charge < -0.3 is 63.8 Å². The first-order valence-corrected chi connectivity index (χ1v) is 18.8.